The first-order valence-corrected chi connectivity index (χ1v) is 5.97. The summed E-state index contributed by atoms with van der Waals surface area (Å²) in [6.07, 6.45) is -0.724. The first-order valence-electron chi connectivity index (χ1n) is 5.97. The molecule has 0 amide bonds. The molecule has 2 aliphatic rings. The second kappa shape index (κ2) is 4.88. The van der Waals surface area contributed by atoms with Crippen LogP contribution in [0.4, 0.5) is 0 Å². The van der Waals surface area contributed by atoms with Crippen LogP contribution in [0.5, 0.6) is 0 Å². The minimum absolute atomic E-state index is 0.112. The summed E-state index contributed by atoms with van der Waals surface area (Å²) >= 11 is 0. The van der Waals surface area contributed by atoms with Crippen molar-refractivity contribution in [3.05, 3.63) is 12.7 Å². The van der Waals surface area contributed by atoms with Crippen LogP contribution in [0.1, 0.15) is 13.8 Å². The summed E-state index contributed by atoms with van der Waals surface area (Å²) in [5.41, 5.74) is 0. The molecule has 0 aromatic rings. The van der Waals surface area contributed by atoms with Crippen molar-refractivity contribution in [2.24, 2.45) is 0 Å². The van der Waals surface area contributed by atoms with Gasteiger partial charge in [0.1, 0.15) is 24.9 Å². The third-order valence-corrected chi connectivity index (χ3v) is 3.02. The summed E-state index contributed by atoms with van der Waals surface area (Å²) in [4.78, 5) is 0. The smallest absolute Gasteiger partial charge is 0.224 e. The van der Waals surface area contributed by atoms with E-state index >= 15 is 0 Å². The van der Waals surface area contributed by atoms with Crippen molar-refractivity contribution >= 4 is 0 Å². The van der Waals surface area contributed by atoms with Crippen molar-refractivity contribution in [3.8, 4) is 0 Å². The van der Waals surface area contributed by atoms with Crippen LogP contribution in [-0.4, -0.2) is 59.9 Å². The van der Waals surface area contributed by atoms with Gasteiger partial charge in [-0.15, -0.1) is 6.58 Å². The van der Waals surface area contributed by atoms with Crippen LogP contribution in [0.25, 0.3) is 0 Å². The third kappa shape index (κ3) is 2.32. The number of ether oxygens (including phenoxy) is 4. The van der Waals surface area contributed by atoms with Gasteiger partial charge in [0.05, 0.1) is 13.2 Å². The lowest BCUT2D eigenvalue weighted by Gasteiger charge is -2.28. The lowest BCUT2D eigenvalue weighted by atomic mass is 10.1. The number of rotatable bonds is 5. The van der Waals surface area contributed by atoms with Crippen LogP contribution in [0.15, 0.2) is 12.7 Å². The highest BCUT2D eigenvalue weighted by atomic mass is 16.9. The van der Waals surface area contributed by atoms with Gasteiger partial charge in [-0.3, -0.25) is 0 Å². The van der Waals surface area contributed by atoms with Gasteiger partial charge in [0.25, 0.3) is 0 Å². The Morgan fingerprint density at radius 2 is 2.11 bits per heavy atom. The van der Waals surface area contributed by atoms with Gasteiger partial charge in [-0.2, -0.15) is 0 Å². The number of aliphatic hydroxyl groups excluding tert-OH is 2. The van der Waals surface area contributed by atoms with Gasteiger partial charge < -0.3 is 29.2 Å². The molecule has 2 rings (SSSR count). The van der Waals surface area contributed by atoms with E-state index in [2.05, 4.69) is 6.58 Å². The minimum Gasteiger partial charge on any atom is -0.394 e. The molecule has 6 heteroatoms. The summed E-state index contributed by atoms with van der Waals surface area (Å²) in [5, 5.41) is 19.2. The van der Waals surface area contributed by atoms with Gasteiger partial charge in [0.2, 0.25) is 5.79 Å². The Bertz CT molecular complexity index is 318. The molecule has 104 valence electrons. The molecule has 2 N–H and O–H groups in total. The van der Waals surface area contributed by atoms with Crippen molar-refractivity contribution in [1.29, 1.82) is 0 Å². The largest absolute Gasteiger partial charge is 0.394 e. The predicted molar refractivity (Wildman–Crippen MR) is 61.7 cm³/mol. The van der Waals surface area contributed by atoms with E-state index in [1.54, 1.807) is 19.9 Å². The number of hydrogen-bond acceptors (Lipinski definition) is 6. The Hall–Kier alpha value is -0.500. The fourth-order valence-corrected chi connectivity index (χ4v) is 2.41. The first-order chi connectivity index (χ1) is 8.44. The zero-order valence-electron chi connectivity index (χ0n) is 10.7. The standard InChI is InChI=1S/C12H20O6/c1-4-5-15-7-12-10(17-11(2,3)18-12)9(14)8(6-13)16-12/h4,8-10,13-14H,1,5-7H2,2-3H3/t8-,9+,10-,12-/m0/s1. The highest BCUT2D eigenvalue weighted by Gasteiger charge is 2.64. The van der Waals surface area contributed by atoms with E-state index in [1.807, 2.05) is 0 Å². The first kappa shape index (κ1) is 13.9. The maximum atomic E-state index is 10.0. The van der Waals surface area contributed by atoms with Crippen LogP contribution in [0.2, 0.25) is 0 Å². The Morgan fingerprint density at radius 1 is 1.39 bits per heavy atom. The van der Waals surface area contributed by atoms with Crippen LogP contribution in [0.3, 0.4) is 0 Å². The van der Waals surface area contributed by atoms with Gasteiger partial charge in [-0.1, -0.05) is 6.08 Å². The van der Waals surface area contributed by atoms with Crippen molar-refractivity contribution in [2.45, 2.75) is 43.7 Å². The van der Waals surface area contributed by atoms with Gasteiger partial charge in [0.15, 0.2) is 5.79 Å². The van der Waals surface area contributed by atoms with Crippen molar-refractivity contribution in [1.82, 2.24) is 0 Å². The molecule has 2 fully saturated rings. The molecule has 0 aromatic carbocycles. The molecule has 0 aliphatic carbocycles. The molecule has 0 radical (unpaired) electrons. The van der Waals surface area contributed by atoms with Gasteiger partial charge >= 0.3 is 0 Å². The molecule has 2 saturated heterocycles. The molecule has 2 heterocycles. The van der Waals surface area contributed by atoms with E-state index in [1.165, 1.54) is 0 Å². The molecular formula is C12H20O6. The molecular weight excluding hydrogens is 240 g/mol. The summed E-state index contributed by atoms with van der Waals surface area (Å²) in [6.45, 7) is 7.20. The Kier molecular flexibility index (Phi) is 3.77. The topological polar surface area (TPSA) is 77.4 Å². The van der Waals surface area contributed by atoms with Gasteiger partial charge in [-0.05, 0) is 13.8 Å². The molecule has 4 atom stereocenters. The molecule has 18 heavy (non-hydrogen) atoms. The summed E-state index contributed by atoms with van der Waals surface area (Å²) in [7, 11) is 0. The average Bonchev–Trinajstić information content (AvgIpc) is 2.69. The average molecular weight is 260 g/mol. The zero-order valence-corrected chi connectivity index (χ0v) is 10.7. The number of fused-ring (bicyclic) bond motifs is 1. The summed E-state index contributed by atoms with van der Waals surface area (Å²) in [6, 6.07) is 0. The minimum atomic E-state index is -1.17. The quantitative estimate of drug-likeness (QED) is 0.526. The van der Waals surface area contributed by atoms with E-state index in [4.69, 9.17) is 24.1 Å². The molecule has 0 bridgehead atoms. The normalized spacial score (nSPS) is 41.9. The van der Waals surface area contributed by atoms with Crippen molar-refractivity contribution in [3.63, 3.8) is 0 Å². The van der Waals surface area contributed by atoms with Crippen LogP contribution in [-0.2, 0) is 18.9 Å². The SMILES string of the molecule is C=CCOC[C@@]12O[C@@H](CO)[C@@H](O)[C@@H]1OC(C)(C)O2. The van der Waals surface area contributed by atoms with Gasteiger partial charge in [-0.25, -0.2) is 0 Å². The zero-order chi connectivity index (χ0) is 13.4. The highest BCUT2D eigenvalue weighted by molar-refractivity contribution is 5.02. The fourth-order valence-electron chi connectivity index (χ4n) is 2.41. The van der Waals surface area contributed by atoms with Crippen molar-refractivity contribution < 1.29 is 29.2 Å². The second-order valence-electron chi connectivity index (χ2n) is 4.99. The van der Waals surface area contributed by atoms with E-state index < -0.39 is 29.9 Å². The van der Waals surface area contributed by atoms with Crippen LogP contribution in [0, 0.1) is 0 Å². The van der Waals surface area contributed by atoms with Crippen LogP contribution >= 0.6 is 0 Å². The predicted octanol–water partition coefficient (Wildman–Crippen LogP) is -0.211. The van der Waals surface area contributed by atoms with E-state index in [0.717, 1.165) is 0 Å². The molecule has 0 unspecified atom stereocenters. The second-order valence-corrected chi connectivity index (χ2v) is 4.99. The monoisotopic (exact) mass is 260 g/mol. The number of aliphatic hydroxyl groups is 2. The molecule has 2 aliphatic heterocycles. The van der Waals surface area contributed by atoms with E-state index in [0.29, 0.717) is 6.61 Å². The lowest BCUT2D eigenvalue weighted by molar-refractivity contribution is -0.279. The molecule has 0 saturated carbocycles. The lowest BCUT2D eigenvalue weighted by Crippen LogP contribution is -2.44. The Labute approximate surface area is 106 Å². The van der Waals surface area contributed by atoms with Crippen LogP contribution < -0.4 is 0 Å². The highest BCUT2D eigenvalue weighted by Crippen LogP contribution is 2.45. The number of hydrogen-bond donors (Lipinski definition) is 2. The Balaban J connectivity index is 2.14. The summed E-state index contributed by atoms with van der Waals surface area (Å²) < 4.78 is 22.3. The maximum Gasteiger partial charge on any atom is 0.224 e. The van der Waals surface area contributed by atoms with E-state index in [9.17, 15) is 5.11 Å². The van der Waals surface area contributed by atoms with Gasteiger partial charge in [0, 0.05) is 0 Å². The molecule has 6 nitrogen and oxygen atoms in total. The molecule has 0 aromatic heterocycles. The molecule has 0 spiro atoms. The third-order valence-electron chi connectivity index (χ3n) is 3.02. The Morgan fingerprint density at radius 3 is 2.72 bits per heavy atom. The summed E-state index contributed by atoms with van der Waals surface area (Å²) in [5.74, 6) is -2.02. The van der Waals surface area contributed by atoms with E-state index in [-0.39, 0.29) is 13.2 Å². The maximum absolute atomic E-state index is 10.0. The fraction of sp³-hybridized carbons (Fsp3) is 0.833. The van der Waals surface area contributed by atoms with Crippen molar-refractivity contribution in [2.75, 3.05) is 19.8 Å².